The summed E-state index contributed by atoms with van der Waals surface area (Å²) in [4.78, 5) is 17.7. The molecule has 6 heteroatoms. The first kappa shape index (κ1) is 18.8. The average Bonchev–Trinajstić information content (AvgIpc) is 2.68. The third kappa shape index (κ3) is 3.90. The number of aliphatic hydroxyl groups excluding tert-OH is 1. The van der Waals surface area contributed by atoms with Crippen molar-refractivity contribution in [3.63, 3.8) is 0 Å². The predicted molar refractivity (Wildman–Crippen MR) is 102 cm³/mol. The van der Waals surface area contributed by atoms with Gasteiger partial charge in [0.25, 0.3) is 5.56 Å². The van der Waals surface area contributed by atoms with Gasteiger partial charge in [-0.05, 0) is 24.6 Å². The Kier molecular flexibility index (Phi) is 5.66. The molecule has 0 aliphatic heterocycles. The van der Waals surface area contributed by atoms with Crippen molar-refractivity contribution >= 4 is 0 Å². The molecule has 1 heterocycles. The monoisotopic (exact) mass is 368 g/mol. The van der Waals surface area contributed by atoms with E-state index in [4.69, 9.17) is 4.74 Å². The van der Waals surface area contributed by atoms with Gasteiger partial charge in [-0.15, -0.1) is 0 Å². The molecule has 0 unspecified atom stereocenters. The molecule has 27 heavy (non-hydrogen) atoms. The van der Waals surface area contributed by atoms with Crippen LogP contribution in [0.4, 0.5) is 4.39 Å². The number of halogens is 1. The molecule has 140 valence electrons. The lowest BCUT2D eigenvalue weighted by atomic mass is 10.1. The van der Waals surface area contributed by atoms with E-state index in [-0.39, 0.29) is 30.9 Å². The molecule has 5 nitrogen and oxygen atoms in total. The number of benzene rings is 2. The number of aryl methyl sites for hydroxylation is 1. The quantitative estimate of drug-likeness (QED) is 0.727. The fourth-order valence-corrected chi connectivity index (χ4v) is 3.05. The molecule has 0 aliphatic carbocycles. The van der Waals surface area contributed by atoms with Gasteiger partial charge in [0.2, 0.25) is 0 Å². The van der Waals surface area contributed by atoms with Crippen LogP contribution in [0.1, 0.15) is 16.8 Å². The van der Waals surface area contributed by atoms with Gasteiger partial charge < -0.3 is 9.84 Å². The molecule has 0 amide bonds. The molecule has 0 fully saturated rings. The van der Waals surface area contributed by atoms with Crippen LogP contribution in [-0.2, 0) is 13.0 Å². The number of nitrogens with zero attached hydrogens (tertiary/aromatic N) is 2. The molecule has 0 bridgehead atoms. The van der Waals surface area contributed by atoms with Crippen molar-refractivity contribution in [2.24, 2.45) is 0 Å². The number of hydrogen-bond donors (Lipinski definition) is 1. The standard InChI is InChI=1S/C21H21FN2O3/c1-14-17(10-11-25)21(26)24(20(23-14)16-6-4-3-5-7-16)13-15-8-9-19(27-2)18(22)12-15/h3-9,12,25H,10-11,13H2,1-2H3. The molecule has 0 aliphatic rings. The zero-order chi connectivity index (χ0) is 19.4. The Morgan fingerprint density at radius 2 is 1.93 bits per heavy atom. The van der Waals surface area contributed by atoms with Gasteiger partial charge in [-0.25, -0.2) is 9.37 Å². The molecule has 0 radical (unpaired) electrons. The van der Waals surface area contributed by atoms with E-state index in [1.807, 2.05) is 30.3 Å². The Morgan fingerprint density at radius 3 is 2.56 bits per heavy atom. The molecule has 1 N–H and O–H groups in total. The zero-order valence-corrected chi connectivity index (χ0v) is 15.3. The predicted octanol–water partition coefficient (Wildman–Crippen LogP) is 2.95. The second-order valence-electron chi connectivity index (χ2n) is 6.20. The van der Waals surface area contributed by atoms with E-state index < -0.39 is 5.82 Å². The summed E-state index contributed by atoms with van der Waals surface area (Å²) in [6.45, 7) is 1.78. The number of hydrogen-bond acceptors (Lipinski definition) is 4. The van der Waals surface area contributed by atoms with Crippen LogP contribution in [0, 0.1) is 12.7 Å². The molecule has 0 saturated heterocycles. The number of aromatic nitrogens is 2. The molecule has 0 atom stereocenters. The van der Waals surface area contributed by atoms with Crippen molar-refractivity contribution < 1.29 is 14.2 Å². The Balaban J connectivity index is 2.15. The van der Waals surface area contributed by atoms with E-state index >= 15 is 0 Å². The Hall–Kier alpha value is -2.99. The summed E-state index contributed by atoms with van der Waals surface area (Å²) in [6.07, 6.45) is 0.226. The van der Waals surface area contributed by atoms with Crippen LogP contribution in [0.15, 0.2) is 53.3 Å². The second kappa shape index (κ2) is 8.14. The summed E-state index contributed by atoms with van der Waals surface area (Å²) in [6, 6.07) is 14.0. The summed E-state index contributed by atoms with van der Waals surface area (Å²) in [5, 5.41) is 9.29. The summed E-state index contributed by atoms with van der Waals surface area (Å²) >= 11 is 0. The van der Waals surface area contributed by atoms with Crippen molar-refractivity contribution in [3.8, 4) is 17.1 Å². The first-order valence-electron chi connectivity index (χ1n) is 8.64. The van der Waals surface area contributed by atoms with E-state index in [0.29, 0.717) is 22.6 Å². The smallest absolute Gasteiger partial charge is 0.257 e. The minimum atomic E-state index is -0.486. The van der Waals surface area contributed by atoms with E-state index in [9.17, 15) is 14.3 Å². The van der Waals surface area contributed by atoms with Crippen molar-refractivity contribution in [1.29, 1.82) is 0 Å². The molecule has 3 aromatic rings. The van der Waals surface area contributed by atoms with Crippen LogP contribution in [0.25, 0.3) is 11.4 Å². The Labute approximate surface area is 156 Å². The fourth-order valence-electron chi connectivity index (χ4n) is 3.05. The second-order valence-corrected chi connectivity index (χ2v) is 6.20. The number of methoxy groups -OCH3 is 1. The van der Waals surface area contributed by atoms with Crippen LogP contribution in [-0.4, -0.2) is 28.4 Å². The summed E-state index contributed by atoms with van der Waals surface area (Å²) < 4.78 is 20.6. The van der Waals surface area contributed by atoms with Crippen LogP contribution in [0.2, 0.25) is 0 Å². The lowest BCUT2D eigenvalue weighted by molar-refractivity contribution is 0.298. The molecule has 0 spiro atoms. The van der Waals surface area contributed by atoms with Crippen molar-refractivity contribution in [2.75, 3.05) is 13.7 Å². The summed E-state index contributed by atoms with van der Waals surface area (Å²) in [7, 11) is 1.40. The van der Waals surface area contributed by atoms with Gasteiger partial charge in [0.15, 0.2) is 11.6 Å². The first-order valence-corrected chi connectivity index (χ1v) is 8.64. The number of rotatable bonds is 6. The van der Waals surface area contributed by atoms with Crippen molar-refractivity contribution in [1.82, 2.24) is 9.55 Å². The van der Waals surface area contributed by atoms with Gasteiger partial charge >= 0.3 is 0 Å². The van der Waals surface area contributed by atoms with E-state index in [1.54, 1.807) is 13.0 Å². The maximum atomic E-state index is 14.1. The third-order valence-electron chi connectivity index (χ3n) is 4.42. The van der Waals surface area contributed by atoms with Crippen molar-refractivity contribution in [2.45, 2.75) is 19.9 Å². The highest BCUT2D eigenvalue weighted by Gasteiger charge is 2.16. The average molecular weight is 368 g/mol. The largest absolute Gasteiger partial charge is 0.494 e. The highest BCUT2D eigenvalue weighted by Crippen LogP contribution is 2.21. The number of ether oxygens (including phenoxy) is 1. The van der Waals surface area contributed by atoms with Gasteiger partial charge in [-0.3, -0.25) is 9.36 Å². The summed E-state index contributed by atoms with van der Waals surface area (Å²) in [5.41, 5.74) is 2.23. The van der Waals surface area contributed by atoms with Gasteiger partial charge in [-0.2, -0.15) is 0 Å². The zero-order valence-electron chi connectivity index (χ0n) is 15.3. The summed E-state index contributed by atoms with van der Waals surface area (Å²) in [5.74, 6) is 0.174. The van der Waals surface area contributed by atoms with E-state index in [0.717, 1.165) is 5.56 Å². The highest BCUT2D eigenvalue weighted by molar-refractivity contribution is 5.56. The normalized spacial score (nSPS) is 10.8. The van der Waals surface area contributed by atoms with Crippen molar-refractivity contribution in [3.05, 3.63) is 81.5 Å². The minimum Gasteiger partial charge on any atom is -0.494 e. The molecule has 0 saturated carbocycles. The SMILES string of the molecule is COc1ccc(Cn2c(-c3ccccc3)nc(C)c(CCO)c2=O)cc1F. The van der Waals surface area contributed by atoms with Gasteiger partial charge in [-0.1, -0.05) is 36.4 Å². The molecular formula is C21H21FN2O3. The van der Waals surface area contributed by atoms with Crippen LogP contribution in [0.5, 0.6) is 5.75 Å². The lowest BCUT2D eigenvalue weighted by Crippen LogP contribution is -2.29. The third-order valence-corrected chi connectivity index (χ3v) is 4.42. The van der Waals surface area contributed by atoms with E-state index in [1.165, 1.54) is 23.8 Å². The highest BCUT2D eigenvalue weighted by atomic mass is 19.1. The maximum Gasteiger partial charge on any atom is 0.257 e. The van der Waals surface area contributed by atoms with Gasteiger partial charge in [0, 0.05) is 29.8 Å². The fraction of sp³-hybridized carbons (Fsp3) is 0.238. The minimum absolute atomic E-state index is 0.139. The maximum absolute atomic E-state index is 14.1. The Bertz CT molecular complexity index is 1000. The van der Waals surface area contributed by atoms with Gasteiger partial charge in [0.05, 0.1) is 13.7 Å². The molecule has 1 aromatic heterocycles. The first-order chi connectivity index (χ1) is 13.0. The topological polar surface area (TPSA) is 64.3 Å². The molecule has 3 rings (SSSR count). The van der Waals surface area contributed by atoms with E-state index in [2.05, 4.69) is 4.98 Å². The van der Waals surface area contributed by atoms with Crippen LogP contribution >= 0.6 is 0 Å². The number of aliphatic hydroxyl groups is 1. The van der Waals surface area contributed by atoms with Crippen LogP contribution in [0.3, 0.4) is 0 Å². The Morgan fingerprint density at radius 1 is 1.19 bits per heavy atom. The van der Waals surface area contributed by atoms with Gasteiger partial charge in [0.1, 0.15) is 5.82 Å². The van der Waals surface area contributed by atoms with Crippen LogP contribution < -0.4 is 10.3 Å². The molecule has 2 aromatic carbocycles. The lowest BCUT2D eigenvalue weighted by Gasteiger charge is -2.16. The molecular weight excluding hydrogens is 347 g/mol.